The molecule has 0 heterocycles. The minimum Gasteiger partial charge on any atom is -0.462 e. The van der Waals surface area contributed by atoms with Crippen LogP contribution in [0.4, 0.5) is 0 Å². The van der Waals surface area contributed by atoms with E-state index >= 15 is 0 Å². The normalized spacial score (nSPS) is 12.2. The van der Waals surface area contributed by atoms with E-state index in [2.05, 4.69) is 57.2 Å². The predicted molar refractivity (Wildman–Crippen MR) is 307 cm³/mol. The standard InChI is InChI=1S/C65H120O6/c1-4-7-10-13-16-19-22-25-27-29-31-33-35-36-38-40-43-46-49-52-55-58-64(67)70-61-62(60-69-63(66)57-54-51-48-45-42-24-21-18-15-12-9-6-3)71-65(68)59-56-53-50-47-44-41-39-37-34-32-30-28-26-23-20-17-14-11-8-5-2/h22,25,29,31,35-36,62H,4-21,23-24,26-28,30,32-34,37-61H2,1-3H3/b25-22-,31-29-,36-35-. The number of carbonyl (C=O) groups is 3. The summed E-state index contributed by atoms with van der Waals surface area (Å²) in [5, 5.41) is 0. The van der Waals surface area contributed by atoms with Gasteiger partial charge in [0.1, 0.15) is 13.2 Å². The van der Waals surface area contributed by atoms with Gasteiger partial charge in [0, 0.05) is 19.3 Å². The zero-order valence-corrected chi connectivity index (χ0v) is 47.8. The minimum atomic E-state index is -0.774. The highest BCUT2D eigenvalue weighted by atomic mass is 16.6. The van der Waals surface area contributed by atoms with Crippen LogP contribution in [-0.2, 0) is 28.6 Å². The largest absolute Gasteiger partial charge is 0.462 e. The number of hydrogen-bond acceptors (Lipinski definition) is 6. The number of hydrogen-bond donors (Lipinski definition) is 0. The van der Waals surface area contributed by atoms with Crippen molar-refractivity contribution in [2.75, 3.05) is 13.2 Å². The van der Waals surface area contributed by atoms with Crippen LogP contribution in [0.15, 0.2) is 36.5 Å². The van der Waals surface area contributed by atoms with Crippen LogP contribution in [0.3, 0.4) is 0 Å². The van der Waals surface area contributed by atoms with Gasteiger partial charge >= 0.3 is 17.9 Å². The van der Waals surface area contributed by atoms with E-state index < -0.39 is 6.10 Å². The van der Waals surface area contributed by atoms with Gasteiger partial charge in [-0.1, -0.05) is 301 Å². The van der Waals surface area contributed by atoms with Gasteiger partial charge in [-0.05, 0) is 57.8 Å². The molecule has 0 aliphatic heterocycles. The summed E-state index contributed by atoms with van der Waals surface area (Å²) < 4.78 is 16.9. The number of ether oxygens (including phenoxy) is 3. The lowest BCUT2D eigenvalue weighted by Crippen LogP contribution is -2.30. The van der Waals surface area contributed by atoms with Crippen molar-refractivity contribution < 1.29 is 28.6 Å². The second-order valence-electron chi connectivity index (χ2n) is 21.3. The number of esters is 3. The topological polar surface area (TPSA) is 78.9 Å². The third-order valence-electron chi connectivity index (χ3n) is 14.1. The molecule has 0 bridgehead atoms. The molecule has 0 radical (unpaired) electrons. The summed E-state index contributed by atoms with van der Waals surface area (Å²) in [5.41, 5.74) is 0. The summed E-state index contributed by atoms with van der Waals surface area (Å²) in [6, 6.07) is 0. The van der Waals surface area contributed by atoms with E-state index in [4.69, 9.17) is 14.2 Å². The number of carbonyl (C=O) groups excluding carboxylic acids is 3. The average Bonchev–Trinajstić information content (AvgIpc) is 3.37. The van der Waals surface area contributed by atoms with Crippen molar-refractivity contribution in [1.29, 1.82) is 0 Å². The van der Waals surface area contributed by atoms with Gasteiger partial charge in [-0.25, -0.2) is 0 Å². The van der Waals surface area contributed by atoms with E-state index in [0.717, 1.165) is 77.0 Å². The lowest BCUT2D eigenvalue weighted by atomic mass is 10.0. The van der Waals surface area contributed by atoms with Gasteiger partial charge in [0.2, 0.25) is 0 Å². The zero-order chi connectivity index (χ0) is 51.4. The van der Waals surface area contributed by atoms with Crippen LogP contribution < -0.4 is 0 Å². The van der Waals surface area contributed by atoms with Gasteiger partial charge in [0.25, 0.3) is 0 Å². The maximum Gasteiger partial charge on any atom is 0.306 e. The van der Waals surface area contributed by atoms with Gasteiger partial charge in [0.05, 0.1) is 0 Å². The minimum absolute atomic E-state index is 0.0712. The molecule has 0 fully saturated rings. The van der Waals surface area contributed by atoms with Crippen LogP contribution in [0.25, 0.3) is 0 Å². The van der Waals surface area contributed by atoms with Crippen LogP contribution in [0.5, 0.6) is 0 Å². The second-order valence-corrected chi connectivity index (χ2v) is 21.3. The Kier molecular flexibility index (Phi) is 58.2. The maximum absolute atomic E-state index is 12.9. The monoisotopic (exact) mass is 997 g/mol. The number of allylic oxidation sites excluding steroid dienone is 6. The van der Waals surface area contributed by atoms with Gasteiger partial charge in [0.15, 0.2) is 6.10 Å². The summed E-state index contributed by atoms with van der Waals surface area (Å²) in [4.78, 5) is 38.2. The van der Waals surface area contributed by atoms with Crippen molar-refractivity contribution in [3.63, 3.8) is 0 Å². The van der Waals surface area contributed by atoms with Crippen LogP contribution in [-0.4, -0.2) is 37.2 Å². The summed E-state index contributed by atoms with van der Waals surface area (Å²) in [6.45, 7) is 6.67. The number of rotatable bonds is 58. The Morgan fingerprint density at radius 1 is 0.282 bits per heavy atom. The van der Waals surface area contributed by atoms with Crippen molar-refractivity contribution in [3.05, 3.63) is 36.5 Å². The summed E-state index contributed by atoms with van der Waals surface area (Å²) in [7, 11) is 0. The molecule has 0 aliphatic carbocycles. The molecule has 6 heteroatoms. The maximum atomic E-state index is 12.9. The molecule has 416 valence electrons. The Balaban J connectivity index is 4.30. The summed E-state index contributed by atoms with van der Waals surface area (Å²) in [6.07, 6.45) is 72.9. The third kappa shape index (κ3) is 58.4. The third-order valence-corrected chi connectivity index (χ3v) is 14.1. The molecule has 0 saturated carbocycles. The van der Waals surface area contributed by atoms with Crippen LogP contribution in [0, 0.1) is 0 Å². The first-order valence-corrected chi connectivity index (χ1v) is 31.5. The number of unbranched alkanes of at least 4 members (excludes halogenated alkanes) is 41. The fraction of sp³-hybridized carbons (Fsp3) is 0.862. The van der Waals surface area contributed by atoms with Gasteiger partial charge in [-0.3, -0.25) is 14.4 Å². The Bertz CT molecular complexity index is 1190. The zero-order valence-electron chi connectivity index (χ0n) is 47.8. The molecule has 0 spiro atoms. The van der Waals surface area contributed by atoms with Crippen LogP contribution >= 0.6 is 0 Å². The molecular weight excluding hydrogens is 877 g/mol. The van der Waals surface area contributed by atoms with Crippen molar-refractivity contribution in [1.82, 2.24) is 0 Å². The van der Waals surface area contributed by atoms with E-state index in [-0.39, 0.29) is 31.1 Å². The molecule has 0 aromatic rings. The highest BCUT2D eigenvalue weighted by Crippen LogP contribution is 2.17. The van der Waals surface area contributed by atoms with Gasteiger partial charge in [-0.2, -0.15) is 0 Å². The molecule has 1 unspecified atom stereocenters. The molecule has 0 rings (SSSR count). The lowest BCUT2D eigenvalue weighted by molar-refractivity contribution is -0.167. The first-order valence-electron chi connectivity index (χ1n) is 31.5. The van der Waals surface area contributed by atoms with E-state index in [0.29, 0.717) is 19.3 Å². The lowest BCUT2D eigenvalue weighted by Gasteiger charge is -2.18. The van der Waals surface area contributed by atoms with Crippen LogP contribution in [0.1, 0.15) is 342 Å². The van der Waals surface area contributed by atoms with Gasteiger partial charge < -0.3 is 14.2 Å². The van der Waals surface area contributed by atoms with Crippen molar-refractivity contribution in [2.45, 2.75) is 348 Å². The van der Waals surface area contributed by atoms with Crippen molar-refractivity contribution >= 4 is 17.9 Å². The van der Waals surface area contributed by atoms with Gasteiger partial charge in [-0.15, -0.1) is 0 Å². The van der Waals surface area contributed by atoms with E-state index in [1.807, 2.05) is 0 Å². The fourth-order valence-electron chi connectivity index (χ4n) is 9.39. The van der Waals surface area contributed by atoms with Crippen LogP contribution in [0.2, 0.25) is 0 Å². The molecule has 71 heavy (non-hydrogen) atoms. The van der Waals surface area contributed by atoms with E-state index in [1.165, 1.54) is 225 Å². The first-order chi connectivity index (χ1) is 35.0. The van der Waals surface area contributed by atoms with Crippen molar-refractivity contribution in [2.24, 2.45) is 0 Å². The van der Waals surface area contributed by atoms with E-state index in [1.54, 1.807) is 0 Å². The molecule has 6 nitrogen and oxygen atoms in total. The molecular formula is C65H120O6. The second kappa shape index (κ2) is 60.2. The smallest absolute Gasteiger partial charge is 0.306 e. The first kappa shape index (κ1) is 68.6. The summed E-state index contributed by atoms with van der Waals surface area (Å²) in [5.74, 6) is -0.861. The molecule has 0 aromatic carbocycles. The molecule has 0 saturated heterocycles. The Morgan fingerprint density at radius 3 is 0.789 bits per heavy atom. The quantitative estimate of drug-likeness (QED) is 0.0261. The highest BCUT2D eigenvalue weighted by Gasteiger charge is 2.19. The van der Waals surface area contributed by atoms with Crippen molar-refractivity contribution in [3.8, 4) is 0 Å². The predicted octanol–water partition coefficient (Wildman–Crippen LogP) is 21.2. The molecule has 0 amide bonds. The fourth-order valence-corrected chi connectivity index (χ4v) is 9.39. The SMILES string of the molecule is CCCCCCC/C=C\C/C=C\C/C=C\CCCCCCCCC(=O)OCC(COC(=O)CCCCCCCCCCCCCC)OC(=O)CCCCCCCCCCCCCCCCCCCCCC. The Morgan fingerprint density at radius 2 is 0.507 bits per heavy atom. The Hall–Kier alpha value is -2.37. The Labute approximate surface area is 442 Å². The average molecular weight is 998 g/mol. The molecule has 0 aromatic heterocycles. The highest BCUT2D eigenvalue weighted by molar-refractivity contribution is 5.71. The molecule has 0 N–H and O–H groups in total. The molecule has 1 atom stereocenters. The van der Waals surface area contributed by atoms with E-state index in [9.17, 15) is 14.4 Å². The molecule has 0 aliphatic rings. The summed E-state index contributed by atoms with van der Waals surface area (Å²) >= 11 is 0.